The van der Waals surface area contributed by atoms with E-state index in [0.29, 0.717) is 23.6 Å². The van der Waals surface area contributed by atoms with Crippen molar-refractivity contribution in [1.82, 2.24) is 9.55 Å². The Labute approximate surface area is 134 Å². The van der Waals surface area contributed by atoms with Crippen LogP contribution in [-0.2, 0) is 0 Å². The molecule has 4 heteroatoms. The normalized spacial score (nSPS) is 13.3. The van der Waals surface area contributed by atoms with E-state index in [1.165, 1.54) is 0 Å². The van der Waals surface area contributed by atoms with Gasteiger partial charge in [-0.15, -0.1) is 0 Å². The fourth-order valence-corrected chi connectivity index (χ4v) is 2.88. The van der Waals surface area contributed by atoms with E-state index in [1.54, 1.807) is 10.8 Å². The lowest BCUT2D eigenvalue weighted by atomic mass is 9.98. The predicted octanol–water partition coefficient (Wildman–Crippen LogP) is 4.13. The van der Waals surface area contributed by atoms with E-state index in [-0.39, 0.29) is 11.3 Å². The van der Waals surface area contributed by atoms with Gasteiger partial charge in [-0.3, -0.25) is 9.36 Å². The van der Waals surface area contributed by atoms with Crippen LogP contribution in [0.5, 0.6) is 5.75 Å². The minimum atomic E-state index is -0.0674. The molecule has 4 nitrogen and oxygen atoms in total. The quantitative estimate of drug-likeness (QED) is 0.559. The van der Waals surface area contributed by atoms with E-state index in [9.17, 15) is 4.79 Å². The van der Waals surface area contributed by atoms with Crippen molar-refractivity contribution >= 4 is 16.8 Å². The van der Waals surface area contributed by atoms with Crippen molar-refractivity contribution < 1.29 is 9.53 Å². The summed E-state index contributed by atoms with van der Waals surface area (Å²) < 4.78 is 7.76. The van der Waals surface area contributed by atoms with Gasteiger partial charge in [0.25, 0.3) is 5.91 Å². The van der Waals surface area contributed by atoms with E-state index in [1.807, 2.05) is 36.4 Å². The van der Waals surface area contributed by atoms with Crippen LogP contribution in [0.2, 0.25) is 0 Å². The first-order chi connectivity index (χ1) is 11.0. The second-order valence-corrected chi connectivity index (χ2v) is 7.10. The van der Waals surface area contributed by atoms with Gasteiger partial charge < -0.3 is 4.74 Å². The highest BCUT2D eigenvalue weighted by Crippen LogP contribution is 2.41. The number of aromatic nitrogens is 2. The maximum absolute atomic E-state index is 12.8. The molecule has 0 atom stereocenters. The summed E-state index contributed by atoms with van der Waals surface area (Å²) in [4.78, 5) is 17.5. The molecule has 0 amide bonds. The van der Waals surface area contributed by atoms with Gasteiger partial charge in [0.05, 0.1) is 17.8 Å². The first kappa shape index (κ1) is 14.0. The number of hydrogen-bond acceptors (Lipinski definition) is 3. The van der Waals surface area contributed by atoms with Gasteiger partial charge in [0.15, 0.2) is 0 Å². The van der Waals surface area contributed by atoms with Gasteiger partial charge in [-0.25, -0.2) is 4.98 Å². The van der Waals surface area contributed by atoms with Crippen molar-refractivity contribution in [2.45, 2.75) is 20.8 Å². The first-order valence-corrected chi connectivity index (χ1v) is 7.74. The topological polar surface area (TPSA) is 44.1 Å². The molecule has 0 N–H and O–H groups in total. The van der Waals surface area contributed by atoms with Gasteiger partial charge in [0.2, 0.25) is 0 Å². The zero-order valence-electron chi connectivity index (χ0n) is 13.5. The van der Waals surface area contributed by atoms with Crippen LogP contribution in [-0.4, -0.2) is 22.1 Å². The summed E-state index contributed by atoms with van der Waals surface area (Å²) in [7, 11) is 0. The molecule has 23 heavy (non-hydrogen) atoms. The summed E-state index contributed by atoms with van der Waals surface area (Å²) in [5, 5.41) is 0.884. The summed E-state index contributed by atoms with van der Waals surface area (Å²) in [6, 6.07) is 11.6. The standard InChI is InChI=1S/C19H18N2O2/c1-19(2,3)11-23-17-12-7-4-5-8-13(12)20-16-14-9-6-10-21(14)18(22)15(16)17/h4-10H,11H2,1-3H3. The van der Waals surface area contributed by atoms with Gasteiger partial charge >= 0.3 is 0 Å². The molecule has 0 radical (unpaired) electrons. The highest BCUT2D eigenvalue weighted by Gasteiger charge is 2.33. The van der Waals surface area contributed by atoms with E-state index < -0.39 is 0 Å². The Kier molecular flexibility index (Phi) is 2.85. The Morgan fingerprint density at radius 3 is 2.70 bits per heavy atom. The Morgan fingerprint density at radius 1 is 1.13 bits per heavy atom. The number of fused-ring (bicyclic) bond motifs is 4. The Hall–Kier alpha value is -2.62. The molecule has 2 aromatic heterocycles. The maximum atomic E-state index is 12.8. The van der Waals surface area contributed by atoms with Crippen LogP contribution < -0.4 is 4.74 Å². The molecular weight excluding hydrogens is 288 g/mol. The number of hydrogen-bond donors (Lipinski definition) is 0. The summed E-state index contributed by atoms with van der Waals surface area (Å²) in [6.07, 6.45) is 1.78. The predicted molar refractivity (Wildman–Crippen MR) is 89.8 cm³/mol. The molecule has 0 saturated carbocycles. The van der Waals surface area contributed by atoms with Crippen LogP contribution in [0.25, 0.3) is 22.3 Å². The van der Waals surface area contributed by atoms with Crippen LogP contribution >= 0.6 is 0 Å². The average molecular weight is 306 g/mol. The molecule has 4 rings (SSSR count). The van der Waals surface area contributed by atoms with E-state index in [2.05, 4.69) is 20.8 Å². The molecule has 0 aliphatic carbocycles. The summed E-state index contributed by atoms with van der Waals surface area (Å²) >= 11 is 0. The molecule has 0 fully saturated rings. The zero-order chi connectivity index (χ0) is 16.2. The molecule has 1 aliphatic rings. The number of ether oxygens (including phenoxy) is 1. The fourth-order valence-electron chi connectivity index (χ4n) is 2.88. The molecule has 1 aliphatic heterocycles. The van der Waals surface area contributed by atoms with Crippen molar-refractivity contribution in [3.8, 4) is 17.1 Å². The fraction of sp³-hybridized carbons (Fsp3) is 0.263. The Bertz CT molecular complexity index is 932. The van der Waals surface area contributed by atoms with E-state index >= 15 is 0 Å². The highest BCUT2D eigenvalue weighted by atomic mass is 16.5. The van der Waals surface area contributed by atoms with E-state index in [4.69, 9.17) is 9.72 Å². The van der Waals surface area contributed by atoms with Crippen LogP contribution in [0.3, 0.4) is 0 Å². The number of pyridine rings is 1. The molecule has 0 spiro atoms. The molecule has 0 unspecified atom stereocenters. The number of carbonyl (C=O) groups is 1. The molecule has 1 aromatic carbocycles. The summed E-state index contributed by atoms with van der Waals surface area (Å²) in [5.41, 5.74) is 2.97. The van der Waals surface area contributed by atoms with Crippen molar-refractivity contribution in [2.24, 2.45) is 5.41 Å². The second-order valence-electron chi connectivity index (χ2n) is 7.10. The van der Waals surface area contributed by atoms with Crippen molar-refractivity contribution in [3.63, 3.8) is 0 Å². The summed E-state index contributed by atoms with van der Waals surface area (Å²) in [5.74, 6) is 0.580. The zero-order valence-corrected chi connectivity index (χ0v) is 13.5. The number of benzene rings is 1. The largest absolute Gasteiger partial charge is 0.491 e. The minimum absolute atomic E-state index is 0.00817. The Balaban J connectivity index is 1.98. The van der Waals surface area contributed by atoms with Gasteiger partial charge in [0, 0.05) is 11.6 Å². The molecule has 116 valence electrons. The average Bonchev–Trinajstić information content (AvgIpc) is 3.07. The van der Waals surface area contributed by atoms with Gasteiger partial charge in [-0.2, -0.15) is 0 Å². The number of nitrogens with zero attached hydrogens (tertiary/aromatic N) is 2. The molecule has 3 aromatic rings. The lowest BCUT2D eigenvalue weighted by molar-refractivity contribution is 0.0963. The third-order valence-electron chi connectivity index (χ3n) is 3.92. The van der Waals surface area contributed by atoms with Crippen LogP contribution in [0.1, 0.15) is 31.1 Å². The lowest BCUT2D eigenvalue weighted by Crippen LogP contribution is -2.18. The third-order valence-corrected chi connectivity index (χ3v) is 3.92. The number of rotatable bonds is 2. The number of para-hydroxylation sites is 1. The molecular formula is C19H18N2O2. The van der Waals surface area contributed by atoms with Crippen LogP contribution in [0.4, 0.5) is 0 Å². The van der Waals surface area contributed by atoms with Gasteiger partial charge in [-0.1, -0.05) is 32.9 Å². The van der Waals surface area contributed by atoms with Gasteiger partial charge in [0.1, 0.15) is 17.0 Å². The number of carbonyl (C=O) groups excluding carboxylic acids is 1. The smallest absolute Gasteiger partial charge is 0.268 e. The molecule has 0 saturated heterocycles. The van der Waals surface area contributed by atoms with E-state index in [0.717, 1.165) is 16.6 Å². The van der Waals surface area contributed by atoms with Crippen molar-refractivity contribution in [1.29, 1.82) is 0 Å². The second kappa shape index (κ2) is 4.69. The SMILES string of the molecule is CC(C)(C)COc1c2c(nc3ccccc13)-c1cccn1C2=O. The highest BCUT2D eigenvalue weighted by molar-refractivity contribution is 6.13. The minimum Gasteiger partial charge on any atom is -0.491 e. The monoisotopic (exact) mass is 306 g/mol. The first-order valence-electron chi connectivity index (χ1n) is 7.74. The maximum Gasteiger partial charge on any atom is 0.268 e. The van der Waals surface area contributed by atoms with Gasteiger partial charge in [-0.05, 0) is 29.7 Å². The lowest BCUT2D eigenvalue weighted by Gasteiger charge is -2.21. The van der Waals surface area contributed by atoms with Crippen LogP contribution in [0.15, 0.2) is 42.6 Å². The third kappa shape index (κ3) is 2.13. The van der Waals surface area contributed by atoms with Crippen molar-refractivity contribution in [2.75, 3.05) is 6.61 Å². The Morgan fingerprint density at radius 2 is 1.91 bits per heavy atom. The van der Waals surface area contributed by atoms with Crippen LogP contribution in [0, 0.1) is 5.41 Å². The summed E-state index contributed by atoms with van der Waals surface area (Å²) in [6.45, 7) is 6.88. The van der Waals surface area contributed by atoms with Crippen molar-refractivity contribution in [3.05, 3.63) is 48.2 Å². The molecule has 3 heterocycles. The molecule has 0 bridgehead atoms.